The summed E-state index contributed by atoms with van der Waals surface area (Å²) in [5.74, 6) is -1.06. The van der Waals surface area contributed by atoms with Gasteiger partial charge in [-0.3, -0.25) is 9.59 Å². The van der Waals surface area contributed by atoms with E-state index in [1.54, 1.807) is 23.6 Å². The van der Waals surface area contributed by atoms with Crippen molar-refractivity contribution < 1.29 is 14.3 Å². The summed E-state index contributed by atoms with van der Waals surface area (Å²) in [6.07, 6.45) is 0. The smallest absolute Gasteiger partial charge is 0.316 e. The van der Waals surface area contributed by atoms with Crippen LogP contribution in [-0.2, 0) is 20.9 Å². The first kappa shape index (κ1) is 22.9. The summed E-state index contributed by atoms with van der Waals surface area (Å²) in [4.78, 5) is 28.9. The van der Waals surface area contributed by atoms with Gasteiger partial charge in [0, 0.05) is 5.02 Å². The van der Waals surface area contributed by atoms with E-state index < -0.39 is 18.5 Å². The number of nitrogens with one attached hydrogen (secondary N) is 1. The van der Waals surface area contributed by atoms with Gasteiger partial charge >= 0.3 is 5.97 Å². The Balaban J connectivity index is 1.40. The number of hydrogen-bond acceptors (Lipinski definition) is 7. The average molecular weight is 497 g/mol. The van der Waals surface area contributed by atoms with Crippen molar-refractivity contribution in [2.45, 2.75) is 11.7 Å². The maximum absolute atomic E-state index is 12.3. The maximum Gasteiger partial charge on any atom is 0.316 e. The van der Waals surface area contributed by atoms with E-state index in [1.807, 2.05) is 47.0 Å². The van der Waals surface area contributed by atoms with E-state index in [-0.39, 0.29) is 5.75 Å². The molecule has 0 aliphatic rings. The average Bonchev–Trinajstić information content (AvgIpc) is 3.40. The van der Waals surface area contributed by atoms with E-state index in [4.69, 9.17) is 21.6 Å². The van der Waals surface area contributed by atoms with Gasteiger partial charge in [0.1, 0.15) is 11.1 Å². The van der Waals surface area contributed by atoms with Crippen LogP contribution in [-0.4, -0.2) is 33.8 Å². The Kier molecular flexibility index (Phi) is 7.29. The number of nitriles is 1. The predicted octanol–water partition coefficient (Wildman–Crippen LogP) is 4.95. The number of carbonyl (C=O) groups is 2. The highest BCUT2D eigenvalue weighted by atomic mass is 35.5. The molecule has 4 aromatic rings. The number of thiophene rings is 1. The van der Waals surface area contributed by atoms with E-state index >= 15 is 0 Å². The van der Waals surface area contributed by atoms with Crippen LogP contribution in [0.15, 0.2) is 65.1 Å². The van der Waals surface area contributed by atoms with Crippen molar-refractivity contribution in [1.29, 1.82) is 5.26 Å². The molecular formula is C23H17ClN4O3S2. The SMILES string of the molecule is N#Cc1ccsc1NC(=O)COC(=O)CSc1nc2cc(Cl)ccc2n1Cc1ccccc1. The Morgan fingerprint density at radius 1 is 1.21 bits per heavy atom. The van der Waals surface area contributed by atoms with Crippen LogP contribution in [0.2, 0.25) is 5.02 Å². The van der Waals surface area contributed by atoms with Gasteiger partial charge < -0.3 is 14.6 Å². The minimum Gasteiger partial charge on any atom is -0.455 e. The fourth-order valence-corrected chi connectivity index (χ4v) is 4.81. The molecule has 4 rings (SSSR count). The minimum absolute atomic E-state index is 0.0123. The number of thioether (sulfide) groups is 1. The van der Waals surface area contributed by atoms with Crippen molar-refractivity contribution in [2.24, 2.45) is 0 Å². The van der Waals surface area contributed by atoms with Crippen molar-refractivity contribution in [3.05, 3.63) is 76.1 Å². The van der Waals surface area contributed by atoms with Crippen LogP contribution < -0.4 is 5.32 Å². The summed E-state index contributed by atoms with van der Waals surface area (Å²) in [6.45, 7) is 0.152. The van der Waals surface area contributed by atoms with Crippen molar-refractivity contribution in [3.8, 4) is 6.07 Å². The fourth-order valence-electron chi connectivity index (χ4n) is 3.08. The highest BCUT2D eigenvalue weighted by molar-refractivity contribution is 7.99. The van der Waals surface area contributed by atoms with Crippen molar-refractivity contribution in [1.82, 2.24) is 9.55 Å². The van der Waals surface area contributed by atoms with Gasteiger partial charge in [0.15, 0.2) is 11.8 Å². The Labute approximate surface area is 203 Å². The molecule has 0 unspecified atom stereocenters. The number of benzene rings is 2. The number of anilines is 1. The Bertz CT molecular complexity index is 1350. The molecule has 2 heterocycles. The van der Waals surface area contributed by atoms with Crippen LogP contribution in [0.1, 0.15) is 11.1 Å². The third-order valence-corrected chi connectivity index (χ3v) is 6.60. The molecule has 0 saturated heterocycles. The second-order valence-electron chi connectivity index (χ2n) is 6.87. The molecule has 1 amide bonds. The number of halogens is 1. The molecular weight excluding hydrogens is 480 g/mol. The van der Waals surface area contributed by atoms with Crippen molar-refractivity contribution in [3.63, 3.8) is 0 Å². The number of amides is 1. The molecule has 1 N–H and O–H groups in total. The number of carbonyl (C=O) groups excluding carboxylic acids is 2. The molecule has 0 radical (unpaired) electrons. The second-order valence-corrected chi connectivity index (χ2v) is 9.17. The molecule has 166 valence electrons. The molecule has 0 atom stereocenters. The first-order valence-electron chi connectivity index (χ1n) is 9.79. The summed E-state index contributed by atoms with van der Waals surface area (Å²) in [5.41, 5.74) is 3.10. The lowest BCUT2D eigenvalue weighted by molar-refractivity contribution is -0.144. The Hall–Kier alpha value is -3.32. The van der Waals surface area contributed by atoms with Gasteiger partial charge in [-0.05, 0) is 35.2 Å². The van der Waals surface area contributed by atoms with E-state index in [9.17, 15) is 9.59 Å². The quantitative estimate of drug-likeness (QED) is 0.274. The molecule has 33 heavy (non-hydrogen) atoms. The lowest BCUT2D eigenvalue weighted by atomic mass is 10.2. The van der Waals surface area contributed by atoms with E-state index in [0.29, 0.717) is 27.3 Å². The standard InChI is InChI=1S/C23H17ClN4O3S2/c24-17-6-7-19-18(10-17)26-23(28(19)12-15-4-2-1-3-5-15)33-14-21(30)31-13-20(29)27-22-16(11-25)8-9-32-22/h1-10H,12-14H2,(H,27,29). The largest absolute Gasteiger partial charge is 0.455 e. The van der Waals surface area contributed by atoms with Crippen LogP contribution >= 0.6 is 34.7 Å². The molecule has 0 aliphatic heterocycles. The third kappa shape index (κ3) is 5.73. The number of rotatable bonds is 8. The molecule has 0 saturated carbocycles. The van der Waals surface area contributed by atoms with Gasteiger partial charge in [-0.2, -0.15) is 5.26 Å². The number of hydrogen-bond donors (Lipinski definition) is 1. The van der Waals surface area contributed by atoms with Gasteiger partial charge in [0.2, 0.25) is 0 Å². The number of esters is 1. The number of nitrogens with zero attached hydrogens (tertiary/aromatic N) is 3. The number of aromatic nitrogens is 2. The highest BCUT2D eigenvalue weighted by Crippen LogP contribution is 2.27. The Morgan fingerprint density at radius 2 is 2.03 bits per heavy atom. The second kappa shape index (κ2) is 10.5. The third-order valence-electron chi connectivity index (χ3n) is 4.58. The topological polar surface area (TPSA) is 97.0 Å². The summed E-state index contributed by atoms with van der Waals surface area (Å²) >= 11 is 8.58. The monoisotopic (exact) mass is 496 g/mol. The normalized spacial score (nSPS) is 10.7. The van der Waals surface area contributed by atoms with Crippen molar-refractivity contribution >= 4 is 62.6 Å². The first-order valence-corrected chi connectivity index (χ1v) is 12.0. The zero-order valence-corrected chi connectivity index (χ0v) is 19.5. The highest BCUT2D eigenvalue weighted by Gasteiger charge is 2.16. The van der Waals surface area contributed by atoms with Gasteiger partial charge in [0.05, 0.1) is 28.9 Å². The van der Waals surface area contributed by atoms with E-state index in [1.165, 1.54) is 23.1 Å². The van der Waals surface area contributed by atoms with Gasteiger partial charge in [-0.1, -0.05) is 53.7 Å². The number of imidazole rings is 1. The minimum atomic E-state index is -0.543. The van der Waals surface area contributed by atoms with Crippen LogP contribution in [0, 0.1) is 11.3 Å². The van der Waals surface area contributed by atoms with Gasteiger partial charge in [-0.25, -0.2) is 4.98 Å². The molecule has 0 spiro atoms. The molecule has 7 nitrogen and oxygen atoms in total. The summed E-state index contributed by atoms with van der Waals surface area (Å²) in [5, 5.41) is 14.9. The lowest BCUT2D eigenvalue weighted by Crippen LogP contribution is -2.21. The van der Waals surface area contributed by atoms with Crippen LogP contribution in [0.4, 0.5) is 5.00 Å². The van der Waals surface area contributed by atoms with E-state index in [2.05, 4.69) is 10.3 Å². The molecule has 2 aromatic carbocycles. The van der Waals surface area contributed by atoms with Gasteiger partial charge in [-0.15, -0.1) is 11.3 Å². The zero-order chi connectivity index (χ0) is 23.2. The molecule has 10 heteroatoms. The Morgan fingerprint density at radius 3 is 2.82 bits per heavy atom. The van der Waals surface area contributed by atoms with E-state index in [0.717, 1.165) is 16.6 Å². The van der Waals surface area contributed by atoms with Crippen LogP contribution in [0.25, 0.3) is 11.0 Å². The number of ether oxygens (including phenoxy) is 1. The molecule has 0 aliphatic carbocycles. The first-order chi connectivity index (χ1) is 16.0. The number of fused-ring (bicyclic) bond motifs is 1. The fraction of sp³-hybridized carbons (Fsp3) is 0.130. The summed E-state index contributed by atoms with van der Waals surface area (Å²) < 4.78 is 7.11. The van der Waals surface area contributed by atoms with Crippen LogP contribution in [0.3, 0.4) is 0 Å². The zero-order valence-electron chi connectivity index (χ0n) is 17.2. The molecule has 2 aromatic heterocycles. The maximum atomic E-state index is 12.3. The molecule has 0 fully saturated rings. The summed E-state index contributed by atoms with van der Waals surface area (Å²) in [7, 11) is 0. The van der Waals surface area contributed by atoms with Gasteiger partial charge in [0.25, 0.3) is 5.91 Å². The lowest BCUT2D eigenvalue weighted by Gasteiger charge is -2.09. The summed E-state index contributed by atoms with van der Waals surface area (Å²) in [6, 6.07) is 19.0. The van der Waals surface area contributed by atoms with Crippen molar-refractivity contribution in [2.75, 3.05) is 17.7 Å². The van der Waals surface area contributed by atoms with Crippen LogP contribution in [0.5, 0.6) is 0 Å². The predicted molar refractivity (Wildman–Crippen MR) is 130 cm³/mol. The molecule has 0 bridgehead atoms.